The van der Waals surface area contributed by atoms with Crippen LogP contribution in [0, 0.1) is 11.8 Å². The first-order valence-corrected chi connectivity index (χ1v) is 14.6. The van der Waals surface area contributed by atoms with Gasteiger partial charge in [-0.15, -0.1) is 0 Å². The largest absolute Gasteiger partial charge is 0.416 e. The van der Waals surface area contributed by atoms with Crippen molar-refractivity contribution in [2.45, 2.75) is 83.2 Å². The summed E-state index contributed by atoms with van der Waals surface area (Å²) in [5.41, 5.74) is 11.8. The predicted octanol–water partition coefficient (Wildman–Crippen LogP) is 5.42. The fourth-order valence-corrected chi connectivity index (χ4v) is 6.19. The molecule has 2 fully saturated rings. The number of nitrogens with one attached hydrogen (secondary N) is 1. The lowest BCUT2D eigenvalue weighted by atomic mass is 9.76. The summed E-state index contributed by atoms with van der Waals surface area (Å²) in [7, 11) is 2.12. The van der Waals surface area contributed by atoms with E-state index < -0.39 is 17.5 Å². The highest BCUT2D eigenvalue weighted by molar-refractivity contribution is 5.93. The van der Waals surface area contributed by atoms with Crippen molar-refractivity contribution >= 4 is 34.1 Å². The summed E-state index contributed by atoms with van der Waals surface area (Å²) >= 11 is 0. The van der Waals surface area contributed by atoms with Crippen LogP contribution < -0.4 is 16.8 Å². The van der Waals surface area contributed by atoms with Crippen LogP contribution in [0.2, 0.25) is 0 Å². The third-order valence-corrected chi connectivity index (χ3v) is 8.70. The lowest BCUT2D eigenvalue weighted by molar-refractivity contribution is -0.156. The van der Waals surface area contributed by atoms with Crippen LogP contribution in [0.1, 0.15) is 64.7 Å². The van der Waals surface area contributed by atoms with Crippen molar-refractivity contribution in [1.29, 1.82) is 0 Å². The number of fused-ring (bicyclic) bond motifs is 1. The summed E-state index contributed by atoms with van der Waals surface area (Å²) in [6, 6.07) is 5.24. The van der Waals surface area contributed by atoms with Crippen molar-refractivity contribution in [3.05, 3.63) is 42.4 Å². The topological polar surface area (TPSA) is 134 Å². The van der Waals surface area contributed by atoms with Gasteiger partial charge in [0.1, 0.15) is 23.9 Å². The molecule has 2 aromatic heterocycles. The molecule has 0 radical (unpaired) electrons. The smallest absolute Gasteiger partial charge is 0.397 e. The van der Waals surface area contributed by atoms with E-state index >= 15 is 0 Å². The Hall–Kier alpha value is -3.42. The lowest BCUT2D eigenvalue weighted by Gasteiger charge is -2.43. The van der Waals surface area contributed by atoms with E-state index in [1.165, 1.54) is 12.4 Å². The summed E-state index contributed by atoms with van der Waals surface area (Å²) in [5.74, 6) is -0.00869. The molecule has 1 amide bonds. The molecule has 5 rings (SSSR count). The molecule has 1 saturated heterocycles. The number of nitrogen functional groups attached to an aromatic ring is 2. The maximum atomic E-state index is 12.9. The monoisotopic (exact) mass is 603 g/mol. The van der Waals surface area contributed by atoms with Gasteiger partial charge < -0.3 is 35.7 Å². The van der Waals surface area contributed by atoms with Crippen molar-refractivity contribution in [2.75, 3.05) is 30.4 Å². The number of nitrogens with zero attached hydrogens (tertiary/aromatic N) is 4. The minimum Gasteiger partial charge on any atom is -0.397 e. The molecule has 2 aliphatic rings. The second-order valence-corrected chi connectivity index (χ2v) is 12.2. The van der Waals surface area contributed by atoms with E-state index in [4.69, 9.17) is 20.9 Å². The number of alkyl halides is 3. The Balaban J connectivity index is 1.13. The number of carbonyl (C=O) groups is 1. The Labute approximate surface area is 248 Å². The maximum Gasteiger partial charge on any atom is 0.416 e. The molecule has 1 aliphatic carbocycles. The average molecular weight is 604 g/mol. The standard InChI is InChI=1S/C30H40F3N7O3/c1-5-18(25-28(43-29(2,3)42-25)40-11-10-21-26(35)36-16-37-27(21)40)15-39(4)20-12-17(13-20)6-9-24(41)38-23-8-7-19(14-22(23)34)30(31,32)33/h7-8,10-11,14,16-18,20,25,28H,5-6,9,12-13,15,34H2,1-4H3,(H,38,41)(H2,35,36,37)/t17?,18-,20?,25-,28-/m1/s1. The molecule has 3 heterocycles. The molecule has 0 spiro atoms. The van der Waals surface area contributed by atoms with Crippen molar-refractivity contribution in [3.63, 3.8) is 0 Å². The molecule has 234 valence electrons. The number of halogens is 3. The quantitative estimate of drug-likeness (QED) is 0.262. The third kappa shape index (κ3) is 6.73. The van der Waals surface area contributed by atoms with Gasteiger partial charge in [0.05, 0.1) is 22.3 Å². The van der Waals surface area contributed by atoms with Gasteiger partial charge in [-0.2, -0.15) is 13.2 Å². The highest BCUT2D eigenvalue weighted by Crippen LogP contribution is 2.42. The van der Waals surface area contributed by atoms with Crippen LogP contribution in [-0.4, -0.2) is 56.9 Å². The Kier molecular flexibility index (Phi) is 8.61. The van der Waals surface area contributed by atoms with Crippen LogP contribution in [0.25, 0.3) is 11.0 Å². The number of amides is 1. The van der Waals surface area contributed by atoms with Crippen molar-refractivity contribution in [1.82, 2.24) is 19.4 Å². The zero-order valence-electron chi connectivity index (χ0n) is 24.9. The SMILES string of the molecule is CC[C@H](CN(C)C1CC(CCC(=O)Nc2ccc(C(F)(F)F)cc2N)C1)[C@H]1OC(C)(C)O[C@H]1n1ccc2c(N)ncnc21. The first-order valence-electron chi connectivity index (χ1n) is 14.6. The minimum absolute atomic E-state index is 0.108. The van der Waals surface area contributed by atoms with Gasteiger partial charge in [0.2, 0.25) is 5.91 Å². The van der Waals surface area contributed by atoms with E-state index in [2.05, 4.69) is 34.2 Å². The van der Waals surface area contributed by atoms with Gasteiger partial charge >= 0.3 is 6.18 Å². The van der Waals surface area contributed by atoms with Crippen LogP contribution in [0.15, 0.2) is 36.8 Å². The number of carbonyl (C=O) groups excluding carboxylic acids is 1. The molecular weight excluding hydrogens is 563 g/mol. The zero-order chi connectivity index (χ0) is 31.1. The van der Waals surface area contributed by atoms with E-state index in [-0.39, 0.29) is 42.0 Å². The van der Waals surface area contributed by atoms with Crippen LogP contribution in [0.4, 0.5) is 30.4 Å². The van der Waals surface area contributed by atoms with E-state index in [0.29, 0.717) is 29.8 Å². The Morgan fingerprint density at radius 1 is 1.21 bits per heavy atom. The Morgan fingerprint density at radius 2 is 1.95 bits per heavy atom. The molecular formula is C30H40F3N7O3. The van der Waals surface area contributed by atoms with Gasteiger partial charge in [-0.05, 0) is 76.8 Å². The van der Waals surface area contributed by atoms with Crippen molar-refractivity contribution in [3.8, 4) is 0 Å². The highest BCUT2D eigenvalue weighted by Gasteiger charge is 2.47. The normalized spacial score (nSPS) is 24.3. The van der Waals surface area contributed by atoms with Crippen molar-refractivity contribution < 1.29 is 27.4 Å². The minimum atomic E-state index is -4.49. The molecule has 1 saturated carbocycles. The summed E-state index contributed by atoms with van der Waals surface area (Å²) in [6.07, 6.45) is 2.14. The number of rotatable bonds is 10. The second kappa shape index (κ2) is 11.9. The second-order valence-electron chi connectivity index (χ2n) is 12.2. The number of benzene rings is 1. The summed E-state index contributed by atoms with van der Waals surface area (Å²) in [5, 5.41) is 3.42. The van der Waals surface area contributed by atoms with Gasteiger partial charge in [0.25, 0.3) is 0 Å². The van der Waals surface area contributed by atoms with Crippen LogP contribution in [0.5, 0.6) is 0 Å². The third-order valence-electron chi connectivity index (χ3n) is 8.70. The van der Waals surface area contributed by atoms with E-state index in [9.17, 15) is 18.0 Å². The van der Waals surface area contributed by atoms with E-state index in [1.807, 2.05) is 30.7 Å². The highest BCUT2D eigenvalue weighted by atomic mass is 19.4. The molecule has 0 bridgehead atoms. The summed E-state index contributed by atoms with van der Waals surface area (Å²) in [6.45, 7) is 6.82. The van der Waals surface area contributed by atoms with Gasteiger partial charge in [0.15, 0.2) is 12.0 Å². The maximum absolute atomic E-state index is 12.9. The number of anilines is 3. The van der Waals surface area contributed by atoms with Crippen LogP contribution in [0.3, 0.4) is 0 Å². The summed E-state index contributed by atoms with van der Waals surface area (Å²) < 4.78 is 53.5. The average Bonchev–Trinajstić information content (AvgIpc) is 3.47. The van der Waals surface area contributed by atoms with Crippen molar-refractivity contribution in [2.24, 2.45) is 11.8 Å². The molecule has 3 aromatic rings. The number of hydrogen-bond donors (Lipinski definition) is 3. The Bertz CT molecular complexity index is 1450. The van der Waals surface area contributed by atoms with Gasteiger partial charge in [0, 0.05) is 31.1 Å². The molecule has 3 atom stereocenters. The fourth-order valence-electron chi connectivity index (χ4n) is 6.19. The molecule has 0 unspecified atom stereocenters. The molecule has 5 N–H and O–H groups in total. The zero-order valence-corrected chi connectivity index (χ0v) is 24.9. The van der Waals surface area contributed by atoms with Crippen LogP contribution >= 0.6 is 0 Å². The molecule has 10 nitrogen and oxygen atoms in total. The van der Waals surface area contributed by atoms with E-state index in [0.717, 1.165) is 43.3 Å². The number of aromatic nitrogens is 3. The van der Waals surface area contributed by atoms with E-state index in [1.54, 1.807) is 0 Å². The van der Waals surface area contributed by atoms with Crippen LogP contribution in [-0.2, 0) is 20.4 Å². The Morgan fingerprint density at radius 3 is 2.63 bits per heavy atom. The van der Waals surface area contributed by atoms with Gasteiger partial charge in [-0.1, -0.05) is 6.92 Å². The first-order chi connectivity index (χ1) is 20.3. The fraction of sp³-hybridized carbons (Fsp3) is 0.567. The first kappa shape index (κ1) is 31.0. The number of nitrogens with two attached hydrogens (primary N) is 2. The molecule has 1 aromatic carbocycles. The molecule has 43 heavy (non-hydrogen) atoms. The lowest BCUT2D eigenvalue weighted by Crippen LogP contribution is -2.46. The van der Waals surface area contributed by atoms with Gasteiger partial charge in [-0.25, -0.2) is 9.97 Å². The predicted molar refractivity (Wildman–Crippen MR) is 158 cm³/mol. The van der Waals surface area contributed by atoms with Gasteiger partial charge in [-0.3, -0.25) is 4.79 Å². The molecule has 13 heteroatoms. The number of ether oxygens (including phenoxy) is 2. The molecule has 1 aliphatic heterocycles. The summed E-state index contributed by atoms with van der Waals surface area (Å²) in [4.78, 5) is 23.4. The number of hydrogen-bond acceptors (Lipinski definition) is 8.